The number of carboxylic acid groups (broad SMARTS) is 1. The van der Waals surface area contributed by atoms with Crippen molar-refractivity contribution in [2.45, 2.75) is 24.4 Å². The minimum atomic E-state index is -4.24. The van der Waals surface area contributed by atoms with E-state index in [1.807, 2.05) is 0 Å². The molecular formula is C17H13F3O2. The molecule has 2 aromatic rings. The van der Waals surface area contributed by atoms with Gasteiger partial charge in [-0.3, -0.25) is 0 Å². The maximum Gasteiger partial charge on any atom is 0.398 e. The van der Waals surface area contributed by atoms with Crippen LogP contribution in [0.3, 0.4) is 0 Å². The summed E-state index contributed by atoms with van der Waals surface area (Å²) < 4.78 is 39.3. The zero-order valence-electron chi connectivity index (χ0n) is 11.5. The molecule has 22 heavy (non-hydrogen) atoms. The molecule has 2 aromatic carbocycles. The lowest BCUT2D eigenvalue weighted by Gasteiger charge is -2.20. The summed E-state index contributed by atoms with van der Waals surface area (Å²) in [7, 11) is 0. The van der Waals surface area contributed by atoms with Crippen molar-refractivity contribution in [1.29, 1.82) is 0 Å². The van der Waals surface area contributed by atoms with Crippen LogP contribution in [0, 0.1) is 0 Å². The van der Waals surface area contributed by atoms with Gasteiger partial charge in [-0.2, -0.15) is 13.2 Å². The van der Waals surface area contributed by atoms with E-state index in [0.717, 1.165) is 0 Å². The van der Waals surface area contributed by atoms with Gasteiger partial charge in [-0.05, 0) is 35.6 Å². The molecule has 2 nitrogen and oxygen atoms in total. The van der Waals surface area contributed by atoms with Gasteiger partial charge in [0.15, 0.2) is 0 Å². The van der Waals surface area contributed by atoms with Crippen molar-refractivity contribution in [2.24, 2.45) is 0 Å². The molecule has 0 spiro atoms. The average Bonchev–Trinajstić information content (AvgIpc) is 3.29. The lowest BCUT2D eigenvalue weighted by Crippen LogP contribution is -2.28. The third-order valence-corrected chi connectivity index (χ3v) is 4.20. The Hall–Kier alpha value is -2.30. The third kappa shape index (κ3) is 2.26. The summed E-state index contributed by atoms with van der Waals surface area (Å²) in [6.45, 7) is 0. The fourth-order valence-corrected chi connectivity index (χ4v) is 2.75. The molecule has 0 unspecified atom stereocenters. The van der Waals surface area contributed by atoms with E-state index in [1.54, 1.807) is 30.3 Å². The Kier molecular flexibility index (Phi) is 3.24. The smallest absolute Gasteiger partial charge is 0.398 e. The first-order chi connectivity index (χ1) is 10.3. The third-order valence-electron chi connectivity index (χ3n) is 4.20. The molecule has 3 rings (SSSR count). The first-order valence-electron chi connectivity index (χ1n) is 6.85. The summed E-state index contributed by atoms with van der Waals surface area (Å²) in [6.07, 6.45) is -4.02. The monoisotopic (exact) mass is 306 g/mol. The Morgan fingerprint density at radius 3 is 2.09 bits per heavy atom. The predicted molar refractivity (Wildman–Crippen MR) is 75.8 cm³/mol. The minimum Gasteiger partial charge on any atom is -0.478 e. The Bertz CT molecular complexity index is 713. The first kappa shape index (κ1) is 14.6. The van der Waals surface area contributed by atoms with Crippen LogP contribution in [0.2, 0.25) is 0 Å². The van der Waals surface area contributed by atoms with Gasteiger partial charge in [0.1, 0.15) is 0 Å². The SMILES string of the molecule is O=C(O)c1ccccc1-c1ccc(C2(C(F)(F)F)CC2)cc1. The van der Waals surface area contributed by atoms with Crippen molar-refractivity contribution >= 4 is 5.97 Å². The molecule has 0 aliphatic heterocycles. The van der Waals surface area contributed by atoms with Crippen LogP contribution in [0.1, 0.15) is 28.8 Å². The van der Waals surface area contributed by atoms with Crippen LogP contribution in [-0.4, -0.2) is 17.3 Å². The van der Waals surface area contributed by atoms with Crippen LogP contribution in [0.15, 0.2) is 48.5 Å². The lowest BCUT2D eigenvalue weighted by molar-refractivity contribution is -0.160. The molecule has 1 fully saturated rings. The molecular weight excluding hydrogens is 293 g/mol. The van der Waals surface area contributed by atoms with Gasteiger partial charge in [-0.25, -0.2) is 4.79 Å². The molecule has 1 saturated carbocycles. The Labute approximate surface area is 125 Å². The number of hydrogen-bond donors (Lipinski definition) is 1. The summed E-state index contributed by atoms with van der Waals surface area (Å²) >= 11 is 0. The molecule has 1 N–H and O–H groups in total. The molecule has 0 bridgehead atoms. The molecule has 0 amide bonds. The zero-order chi connectivity index (χ0) is 16.0. The van der Waals surface area contributed by atoms with Crippen LogP contribution in [0.5, 0.6) is 0 Å². The molecule has 0 saturated heterocycles. The predicted octanol–water partition coefficient (Wildman–Crippen LogP) is 4.65. The average molecular weight is 306 g/mol. The van der Waals surface area contributed by atoms with Gasteiger partial charge >= 0.3 is 12.1 Å². The van der Waals surface area contributed by atoms with Gasteiger partial charge in [0.25, 0.3) is 0 Å². The lowest BCUT2D eigenvalue weighted by atomic mass is 9.92. The Morgan fingerprint density at radius 2 is 1.59 bits per heavy atom. The minimum absolute atomic E-state index is 0.113. The van der Waals surface area contributed by atoms with Crippen LogP contribution in [0.25, 0.3) is 11.1 Å². The van der Waals surface area contributed by atoms with Crippen molar-refractivity contribution in [3.63, 3.8) is 0 Å². The number of alkyl halides is 3. The molecule has 0 atom stereocenters. The second-order valence-corrected chi connectivity index (χ2v) is 5.51. The highest BCUT2D eigenvalue weighted by atomic mass is 19.4. The summed E-state index contributed by atoms with van der Waals surface area (Å²) in [5.74, 6) is -1.06. The van der Waals surface area contributed by atoms with Crippen LogP contribution in [0.4, 0.5) is 13.2 Å². The van der Waals surface area contributed by atoms with Crippen LogP contribution in [-0.2, 0) is 5.41 Å². The molecule has 0 heterocycles. The van der Waals surface area contributed by atoms with Crippen molar-refractivity contribution in [2.75, 3.05) is 0 Å². The second kappa shape index (κ2) is 4.87. The van der Waals surface area contributed by atoms with E-state index in [9.17, 15) is 23.1 Å². The molecule has 1 aliphatic rings. The molecule has 5 heteroatoms. The number of benzene rings is 2. The number of hydrogen-bond acceptors (Lipinski definition) is 1. The summed E-state index contributed by atoms with van der Waals surface area (Å²) in [4.78, 5) is 11.2. The largest absolute Gasteiger partial charge is 0.478 e. The number of carbonyl (C=O) groups is 1. The van der Waals surface area contributed by atoms with Crippen molar-refractivity contribution in [1.82, 2.24) is 0 Å². The summed E-state index contributed by atoms with van der Waals surface area (Å²) in [6, 6.07) is 12.5. The first-order valence-corrected chi connectivity index (χ1v) is 6.85. The fourth-order valence-electron chi connectivity index (χ4n) is 2.75. The van der Waals surface area contributed by atoms with Gasteiger partial charge in [0.05, 0.1) is 11.0 Å². The maximum absolute atomic E-state index is 13.1. The number of aromatic carboxylic acids is 1. The zero-order valence-corrected chi connectivity index (χ0v) is 11.5. The van der Waals surface area contributed by atoms with Gasteiger partial charge < -0.3 is 5.11 Å². The van der Waals surface area contributed by atoms with Crippen molar-refractivity contribution < 1.29 is 23.1 Å². The highest BCUT2D eigenvalue weighted by Gasteiger charge is 2.64. The standard InChI is InChI=1S/C17H13F3O2/c18-17(19,20)16(9-10-16)12-7-5-11(6-8-12)13-3-1-2-4-14(13)15(21)22/h1-8H,9-10H2,(H,21,22). The van der Waals surface area contributed by atoms with E-state index in [4.69, 9.17) is 0 Å². The van der Waals surface area contributed by atoms with Crippen LogP contribution >= 0.6 is 0 Å². The Morgan fingerprint density at radius 1 is 1.00 bits per heavy atom. The number of rotatable bonds is 3. The van der Waals surface area contributed by atoms with E-state index < -0.39 is 17.6 Å². The normalized spacial score (nSPS) is 16.3. The van der Waals surface area contributed by atoms with E-state index in [-0.39, 0.29) is 24.0 Å². The number of carboxylic acids is 1. The van der Waals surface area contributed by atoms with Gasteiger partial charge in [-0.1, -0.05) is 42.5 Å². The number of halogens is 3. The highest BCUT2D eigenvalue weighted by Crippen LogP contribution is 2.58. The molecule has 0 aromatic heterocycles. The maximum atomic E-state index is 13.1. The Balaban J connectivity index is 1.99. The summed E-state index contributed by atoms with van der Waals surface area (Å²) in [5.41, 5.74) is -0.236. The van der Waals surface area contributed by atoms with Crippen molar-refractivity contribution in [3.05, 3.63) is 59.7 Å². The van der Waals surface area contributed by atoms with Gasteiger partial charge in [-0.15, -0.1) is 0 Å². The molecule has 1 aliphatic carbocycles. The van der Waals surface area contributed by atoms with E-state index in [0.29, 0.717) is 11.1 Å². The van der Waals surface area contributed by atoms with Crippen LogP contribution < -0.4 is 0 Å². The molecule has 0 radical (unpaired) electrons. The summed E-state index contributed by atoms with van der Waals surface area (Å²) in [5, 5.41) is 9.18. The molecule has 114 valence electrons. The fraction of sp³-hybridized carbons (Fsp3) is 0.235. The van der Waals surface area contributed by atoms with Crippen molar-refractivity contribution in [3.8, 4) is 11.1 Å². The van der Waals surface area contributed by atoms with Gasteiger partial charge in [0.2, 0.25) is 0 Å². The highest BCUT2D eigenvalue weighted by molar-refractivity contribution is 5.96. The van der Waals surface area contributed by atoms with E-state index in [1.165, 1.54) is 18.2 Å². The quantitative estimate of drug-likeness (QED) is 0.896. The van der Waals surface area contributed by atoms with E-state index in [2.05, 4.69) is 0 Å². The van der Waals surface area contributed by atoms with E-state index >= 15 is 0 Å². The topological polar surface area (TPSA) is 37.3 Å². The second-order valence-electron chi connectivity index (χ2n) is 5.51. The van der Waals surface area contributed by atoms with Gasteiger partial charge in [0, 0.05) is 0 Å².